The van der Waals surface area contributed by atoms with E-state index >= 15 is 0 Å². The summed E-state index contributed by atoms with van der Waals surface area (Å²) in [6, 6.07) is 22.1. The zero-order valence-corrected chi connectivity index (χ0v) is 16.6. The number of rotatable bonds is 7. The Kier molecular flexibility index (Phi) is 5.77. The molecule has 0 amide bonds. The van der Waals surface area contributed by atoms with Crippen LogP contribution in [-0.2, 0) is 19.4 Å². The number of benzene rings is 2. The summed E-state index contributed by atoms with van der Waals surface area (Å²) in [6.07, 6.45) is 10.4. The molecule has 0 atom stereocenters. The first-order chi connectivity index (χ1) is 13.4. The van der Waals surface area contributed by atoms with E-state index in [0.717, 1.165) is 6.54 Å². The summed E-state index contributed by atoms with van der Waals surface area (Å²) in [7, 11) is 0. The molecule has 1 nitrogen and oxygen atoms in total. The smallest absolute Gasteiger partial charge is 0.0565 e. The van der Waals surface area contributed by atoms with Gasteiger partial charge in [-0.3, -0.25) is 0 Å². The third kappa shape index (κ3) is 3.74. The molecule has 0 spiro atoms. The van der Waals surface area contributed by atoms with Crippen molar-refractivity contribution in [3.05, 3.63) is 71.9 Å². The molecule has 0 bridgehead atoms. The van der Waals surface area contributed by atoms with Crippen molar-refractivity contribution in [3.8, 4) is 22.4 Å². The molecule has 0 N–H and O–H groups in total. The zero-order chi connectivity index (χ0) is 18.5. The Balaban J connectivity index is 1.87. The van der Waals surface area contributed by atoms with Gasteiger partial charge in [-0.05, 0) is 48.8 Å². The van der Waals surface area contributed by atoms with Gasteiger partial charge in [-0.1, -0.05) is 86.8 Å². The van der Waals surface area contributed by atoms with Gasteiger partial charge in [-0.2, -0.15) is 0 Å². The third-order valence-electron chi connectivity index (χ3n) is 5.92. The number of hydrogen-bond acceptors (Lipinski definition) is 0. The molecule has 1 heteroatoms. The maximum atomic E-state index is 2.68. The molecule has 0 fully saturated rings. The highest BCUT2D eigenvalue weighted by molar-refractivity contribution is 5.86. The van der Waals surface area contributed by atoms with Crippen LogP contribution in [0.2, 0.25) is 0 Å². The van der Waals surface area contributed by atoms with Crippen LogP contribution in [0.25, 0.3) is 22.4 Å². The monoisotopic (exact) mass is 357 g/mol. The molecule has 1 heterocycles. The number of nitrogens with zero attached hydrogens (tertiary/aromatic N) is 1. The molecule has 0 radical (unpaired) electrons. The quantitative estimate of drug-likeness (QED) is 0.391. The Labute approximate surface area is 164 Å². The molecular formula is C26H31N. The first kappa shape index (κ1) is 18.1. The minimum Gasteiger partial charge on any atom is -0.344 e. The normalized spacial score (nSPS) is 13.5. The van der Waals surface area contributed by atoms with E-state index in [2.05, 4.69) is 72.2 Å². The summed E-state index contributed by atoms with van der Waals surface area (Å²) in [5.74, 6) is 0. The van der Waals surface area contributed by atoms with E-state index in [0.29, 0.717) is 0 Å². The Morgan fingerprint density at radius 2 is 1.41 bits per heavy atom. The topological polar surface area (TPSA) is 4.93 Å². The van der Waals surface area contributed by atoms with Crippen LogP contribution in [0.5, 0.6) is 0 Å². The number of unbranched alkanes of at least 4 members (excludes halogenated alkanes) is 3. The van der Waals surface area contributed by atoms with E-state index in [1.807, 2.05) is 0 Å². The van der Waals surface area contributed by atoms with Crippen molar-refractivity contribution in [1.29, 1.82) is 0 Å². The summed E-state index contributed by atoms with van der Waals surface area (Å²) < 4.78 is 2.68. The van der Waals surface area contributed by atoms with Crippen molar-refractivity contribution in [2.45, 2.75) is 64.8 Å². The lowest BCUT2D eigenvalue weighted by molar-refractivity contribution is 0.554. The van der Waals surface area contributed by atoms with Gasteiger partial charge in [0.15, 0.2) is 0 Å². The highest BCUT2D eigenvalue weighted by Gasteiger charge is 2.25. The van der Waals surface area contributed by atoms with Crippen LogP contribution in [0.1, 0.15) is 56.7 Å². The average Bonchev–Trinajstić information content (AvgIpc) is 3.07. The molecular weight excluding hydrogens is 326 g/mol. The Morgan fingerprint density at radius 1 is 0.741 bits per heavy atom. The van der Waals surface area contributed by atoms with Gasteiger partial charge in [0.2, 0.25) is 0 Å². The number of aromatic nitrogens is 1. The predicted octanol–water partition coefficient (Wildman–Crippen LogP) is 7.28. The Hall–Kier alpha value is -2.28. The lowest BCUT2D eigenvalue weighted by Crippen LogP contribution is -2.09. The van der Waals surface area contributed by atoms with E-state index in [4.69, 9.17) is 0 Å². The number of hydrogen-bond donors (Lipinski definition) is 0. The van der Waals surface area contributed by atoms with Crippen LogP contribution in [0.15, 0.2) is 60.7 Å². The van der Waals surface area contributed by atoms with Gasteiger partial charge in [-0.15, -0.1) is 0 Å². The Bertz CT molecular complexity index is 858. The molecule has 0 saturated heterocycles. The van der Waals surface area contributed by atoms with Gasteiger partial charge in [0.25, 0.3) is 0 Å². The zero-order valence-electron chi connectivity index (χ0n) is 16.6. The molecule has 0 aliphatic heterocycles. The molecule has 140 valence electrons. The fraction of sp³-hybridized carbons (Fsp3) is 0.385. The van der Waals surface area contributed by atoms with E-state index in [9.17, 15) is 0 Å². The van der Waals surface area contributed by atoms with E-state index in [-0.39, 0.29) is 0 Å². The highest BCUT2D eigenvalue weighted by Crippen LogP contribution is 2.42. The van der Waals surface area contributed by atoms with Crippen LogP contribution in [0.4, 0.5) is 0 Å². The standard InChI is InChI=1S/C26H31N/c1-2-3-4-13-20-27-24-19-12-11-18-23(24)25(21-14-7-5-8-15-21)26(27)22-16-9-6-10-17-22/h5-10,14-17H,2-4,11-13,18-20H2,1H3. The predicted molar refractivity (Wildman–Crippen MR) is 116 cm³/mol. The molecule has 3 aromatic rings. The van der Waals surface area contributed by atoms with Crippen molar-refractivity contribution in [3.63, 3.8) is 0 Å². The molecule has 2 aromatic carbocycles. The van der Waals surface area contributed by atoms with Crippen LogP contribution >= 0.6 is 0 Å². The molecule has 0 unspecified atom stereocenters. The first-order valence-electron chi connectivity index (χ1n) is 10.7. The van der Waals surface area contributed by atoms with Crippen LogP contribution in [-0.4, -0.2) is 4.57 Å². The van der Waals surface area contributed by atoms with Crippen molar-refractivity contribution in [2.24, 2.45) is 0 Å². The fourth-order valence-corrected chi connectivity index (χ4v) is 4.62. The fourth-order valence-electron chi connectivity index (χ4n) is 4.62. The largest absolute Gasteiger partial charge is 0.344 e. The summed E-state index contributed by atoms with van der Waals surface area (Å²) in [5, 5.41) is 0. The molecule has 0 saturated carbocycles. The molecule has 4 rings (SSSR count). The van der Waals surface area contributed by atoms with Crippen LogP contribution in [0.3, 0.4) is 0 Å². The molecule has 1 aliphatic rings. The minimum atomic E-state index is 1.15. The van der Waals surface area contributed by atoms with Gasteiger partial charge in [0.05, 0.1) is 5.69 Å². The average molecular weight is 358 g/mol. The lowest BCUT2D eigenvalue weighted by Gasteiger charge is -2.17. The summed E-state index contributed by atoms with van der Waals surface area (Å²) in [6.45, 7) is 3.44. The van der Waals surface area contributed by atoms with Gasteiger partial charge < -0.3 is 4.57 Å². The maximum Gasteiger partial charge on any atom is 0.0565 e. The molecule has 1 aliphatic carbocycles. The van der Waals surface area contributed by atoms with Gasteiger partial charge in [-0.25, -0.2) is 0 Å². The van der Waals surface area contributed by atoms with Crippen molar-refractivity contribution >= 4 is 0 Å². The van der Waals surface area contributed by atoms with E-state index in [1.165, 1.54) is 73.8 Å². The summed E-state index contributed by atoms with van der Waals surface area (Å²) >= 11 is 0. The van der Waals surface area contributed by atoms with Crippen molar-refractivity contribution in [2.75, 3.05) is 0 Å². The maximum absolute atomic E-state index is 2.68. The Morgan fingerprint density at radius 3 is 2.11 bits per heavy atom. The SMILES string of the molecule is CCCCCCn1c2c(c(-c3ccccc3)c1-c1ccccc1)CCCC2. The molecule has 1 aromatic heterocycles. The van der Waals surface area contributed by atoms with Gasteiger partial charge in [0, 0.05) is 17.8 Å². The van der Waals surface area contributed by atoms with Gasteiger partial charge >= 0.3 is 0 Å². The van der Waals surface area contributed by atoms with Crippen LogP contribution < -0.4 is 0 Å². The molecule has 27 heavy (non-hydrogen) atoms. The minimum absolute atomic E-state index is 1.15. The first-order valence-corrected chi connectivity index (χ1v) is 10.7. The lowest BCUT2D eigenvalue weighted by atomic mass is 9.90. The summed E-state index contributed by atoms with van der Waals surface area (Å²) in [4.78, 5) is 0. The van der Waals surface area contributed by atoms with Crippen molar-refractivity contribution < 1.29 is 0 Å². The second kappa shape index (κ2) is 8.61. The second-order valence-corrected chi connectivity index (χ2v) is 7.80. The highest BCUT2D eigenvalue weighted by atomic mass is 15.0. The van der Waals surface area contributed by atoms with Crippen LogP contribution in [0, 0.1) is 0 Å². The summed E-state index contributed by atoms with van der Waals surface area (Å²) in [5.41, 5.74) is 8.90. The van der Waals surface area contributed by atoms with E-state index < -0.39 is 0 Å². The third-order valence-corrected chi connectivity index (χ3v) is 5.92. The van der Waals surface area contributed by atoms with E-state index in [1.54, 1.807) is 11.3 Å². The van der Waals surface area contributed by atoms with Gasteiger partial charge in [0.1, 0.15) is 0 Å². The second-order valence-electron chi connectivity index (χ2n) is 7.80. The number of fused-ring (bicyclic) bond motifs is 1. The van der Waals surface area contributed by atoms with Crippen molar-refractivity contribution in [1.82, 2.24) is 4.57 Å².